The lowest BCUT2D eigenvalue weighted by Crippen LogP contribution is -2.54. The van der Waals surface area contributed by atoms with Crippen LogP contribution < -0.4 is 16.8 Å². The van der Waals surface area contributed by atoms with E-state index in [-0.39, 0.29) is 0 Å². The van der Waals surface area contributed by atoms with Gasteiger partial charge in [-0.05, 0) is 32.3 Å². The van der Waals surface area contributed by atoms with E-state index < -0.39 is 5.66 Å². The summed E-state index contributed by atoms with van der Waals surface area (Å²) < 4.78 is 0. The molecule has 0 bridgehead atoms. The molecule has 4 heteroatoms. The van der Waals surface area contributed by atoms with Crippen LogP contribution >= 0.6 is 0 Å². The molecule has 1 heterocycles. The van der Waals surface area contributed by atoms with Gasteiger partial charge in [0.2, 0.25) is 0 Å². The van der Waals surface area contributed by atoms with Crippen molar-refractivity contribution >= 4 is 5.96 Å². The van der Waals surface area contributed by atoms with Crippen LogP contribution in [-0.4, -0.2) is 11.6 Å². The van der Waals surface area contributed by atoms with E-state index in [1.165, 1.54) is 19.3 Å². The van der Waals surface area contributed by atoms with Gasteiger partial charge in [-0.15, -0.1) is 0 Å². The summed E-state index contributed by atoms with van der Waals surface area (Å²) in [5.41, 5.74) is 13.9. The van der Waals surface area contributed by atoms with Crippen molar-refractivity contribution < 1.29 is 0 Å². The zero-order valence-corrected chi connectivity index (χ0v) is 10.2. The van der Waals surface area contributed by atoms with E-state index in [9.17, 15) is 0 Å². The minimum absolute atomic E-state index is 0.442. The van der Waals surface area contributed by atoms with Crippen molar-refractivity contribution in [2.75, 3.05) is 0 Å². The number of nitrogens with one attached hydrogen (secondary N) is 1. The Morgan fingerprint density at radius 2 is 1.88 bits per heavy atom. The largest absolute Gasteiger partial charge is 0.370 e. The van der Waals surface area contributed by atoms with Gasteiger partial charge in [0.25, 0.3) is 0 Å². The Bertz CT molecular complexity index is 339. The van der Waals surface area contributed by atoms with Crippen LogP contribution in [0.15, 0.2) is 16.3 Å². The van der Waals surface area contributed by atoms with Gasteiger partial charge in [-0.3, -0.25) is 0 Å². The third-order valence-electron chi connectivity index (χ3n) is 4.01. The van der Waals surface area contributed by atoms with Crippen LogP contribution in [-0.2, 0) is 0 Å². The fourth-order valence-electron chi connectivity index (χ4n) is 2.84. The number of nitrogens with two attached hydrogens (primary N) is 2. The molecule has 1 aliphatic heterocycles. The molecule has 5 N–H and O–H groups in total. The van der Waals surface area contributed by atoms with Crippen LogP contribution in [0.25, 0.3) is 0 Å². The van der Waals surface area contributed by atoms with E-state index in [1.807, 2.05) is 6.92 Å². The molecule has 1 atom stereocenters. The highest BCUT2D eigenvalue weighted by Crippen LogP contribution is 2.38. The maximum absolute atomic E-state index is 6.49. The van der Waals surface area contributed by atoms with E-state index in [4.69, 9.17) is 11.5 Å². The number of hydrogen-bond acceptors (Lipinski definition) is 4. The Morgan fingerprint density at radius 1 is 1.25 bits per heavy atom. The maximum Gasteiger partial charge on any atom is 0.195 e. The Labute approximate surface area is 97.2 Å². The van der Waals surface area contributed by atoms with Crippen molar-refractivity contribution in [3.8, 4) is 0 Å². The van der Waals surface area contributed by atoms with Gasteiger partial charge in [0.15, 0.2) is 5.96 Å². The molecule has 0 aromatic heterocycles. The lowest BCUT2D eigenvalue weighted by molar-refractivity contribution is 0.240. The van der Waals surface area contributed by atoms with Gasteiger partial charge in [0, 0.05) is 11.6 Å². The van der Waals surface area contributed by atoms with Crippen LogP contribution in [0.2, 0.25) is 0 Å². The average molecular weight is 222 g/mol. The molecule has 0 aromatic rings. The van der Waals surface area contributed by atoms with E-state index in [1.54, 1.807) is 0 Å². The van der Waals surface area contributed by atoms with Crippen molar-refractivity contribution in [1.82, 2.24) is 5.32 Å². The first-order valence-electron chi connectivity index (χ1n) is 6.13. The Morgan fingerprint density at radius 3 is 2.50 bits per heavy atom. The van der Waals surface area contributed by atoms with Crippen molar-refractivity contribution in [3.05, 3.63) is 11.3 Å². The molecule has 0 saturated heterocycles. The smallest absolute Gasteiger partial charge is 0.195 e. The van der Waals surface area contributed by atoms with Crippen LogP contribution in [0.5, 0.6) is 0 Å². The summed E-state index contributed by atoms with van der Waals surface area (Å²) in [4.78, 5) is 4.47. The summed E-state index contributed by atoms with van der Waals surface area (Å²) in [6.45, 7) is 4.08. The van der Waals surface area contributed by atoms with Gasteiger partial charge >= 0.3 is 0 Å². The first-order chi connectivity index (χ1) is 7.54. The Balaban J connectivity index is 2.30. The molecule has 16 heavy (non-hydrogen) atoms. The van der Waals surface area contributed by atoms with Crippen LogP contribution in [0.1, 0.15) is 46.0 Å². The molecule has 2 rings (SSSR count). The van der Waals surface area contributed by atoms with Gasteiger partial charge in [-0.2, -0.15) is 0 Å². The lowest BCUT2D eigenvalue weighted by Gasteiger charge is -2.40. The first kappa shape index (κ1) is 11.5. The third-order valence-corrected chi connectivity index (χ3v) is 4.01. The predicted molar refractivity (Wildman–Crippen MR) is 66.6 cm³/mol. The standard InChI is InChI=1S/C12H22N4/c1-8-9(2)15-11(13)16-12(8,14)10-6-4-3-5-7-10/h10H,3-7,14H2,1-2H3,(H3,13,15,16). The maximum atomic E-state index is 6.49. The fraction of sp³-hybridized carbons (Fsp3) is 0.750. The molecule has 0 aromatic carbocycles. The summed E-state index contributed by atoms with van der Waals surface area (Å²) in [7, 11) is 0. The third kappa shape index (κ3) is 1.82. The summed E-state index contributed by atoms with van der Waals surface area (Å²) in [6, 6.07) is 0. The minimum Gasteiger partial charge on any atom is -0.370 e. The normalized spacial score (nSPS) is 32.3. The monoisotopic (exact) mass is 222 g/mol. The Hall–Kier alpha value is -1.03. The summed E-state index contributed by atoms with van der Waals surface area (Å²) in [6.07, 6.45) is 6.18. The SMILES string of the molecule is CC1=C(C)C(N)(C2CCCCC2)N=C(N)N1. The summed E-state index contributed by atoms with van der Waals surface area (Å²) in [5, 5.41) is 3.05. The molecule has 1 fully saturated rings. The molecule has 1 unspecified atom stereocenters. The van der Waals surface area contributed by atoms with E-state index in [2.05, 4.69) is 17.2 Å². The number of hydrogen-bond donors (Lipinski definition) is 3. The highest BCUT2D eigenvalue weighted by atomic mass is 15.2. The highest BCUT2D eigenvalue weighted by molar-refractivity contribution is 5.81. The summed E-state index contributed by atoms with van der Waals surface area (Å²) >= 11 is 0. The second kappa shape index (κ2) is 4.09. The van der Waals surface area contributed by atoms with Gasteiger partial charge in [0.1, 0.15) is 5.66 Å². The predicted octanol–water partition coefficient (Wildman–Crippen LogP) is 1.43. The van der Waals surface area contributed by atoms with Gasteiger partial charge in [0.05, 0.1) is 0 Å². The van der Waals surface area contributed by atoms with E-state index in [0.29, 0.717) is 11.9 Å². The number of aliphatic imine (C=N–C) groups is 1. The molecule has 0 amide bonds. The second-order valence-corrected chi connectivity index (χ2v) is 5.03. The minimum atomic E-state index is -0.570. The molecular formula is C12H22N4. The molecular weight excluding hydrogens is 200 g/mol. The topological polar surface area (TPSA) is 76.4 Å². The molecule has 0 radical (unpaired) electrons. The Kier molecular flexibility index (Phi) is 2.93. The number of guanidine groups is 1. The zero-order valence-electron chi connectivity index (χ0n) is 10.2. The number of rotatable bonds is 1. The fourth-order valence-corrected chi connectivity index (χ4v) is 2.84. The summed E-state index contributed by atoms with van der Waals surface area (Å²) in [5.74, 6) is 0.896. The van der Waals surface area contributed by atoms with Crippen molar-refractivity contribution in [2.45, 2.75) is 51.6 Å². The van der Waals surface area contributed by atoms with Gasteiger partial charge in [-0.25, -0.2) is 4.99 Å². The van der Waals surface area contributed by atoms with Crippen LogP contribution in [0.3, 0.4) is 0 Å². The number of allylic oxidation sites excluding steroid dienone is 1. The second-order valence-electron chi connectivity index (χ2n) is 5.03. The number of nitrogens with zero attached hydrogens (tertiary/aromatic N) is 1. The quantitative estimate of drug-likeness (QED) is 0.628. The van der Waals surface area contributed by atoms with Crippen molar-refractivity contribution in [1.29, 1.82) is 0 Å². The molecule has 2 aliphatic rings. The van der Waals surface area contributed by atoms with Crippen LogP contribution in [0.4, 0.5) is 0 Å². The van der Waals surface area contributed by atoms with E-state index in [0.717, 1.165) is 24.1 Å². The van der Waals surface area contributed by atoms with E-state index >= 15 is 0 Å². The first-order valence-corrected chi connectivity index (χ1v) is 6.13. The van der Waals surface area contributed by atoms with Crippen molar-refractivity contribution in [2.24, 2.45) is 22.4 Å². The molecule has 4 nitrogen and oxygen atoms in total. The molecule has 90 valence electrons. The lowest BCUT2D eigenvalue weighted by atomic mass is 9.76. The van der Waals surface area contributed by atoms with Gasteiger partial charge in [-0.1, -0.05) is 19.3 Å². The van der Waals surface area contributed by atoms with Gasteiger partial charge < -0.3 is 16.8 Å². The molecule has 0 spiro atoms. The van der Waals surface area contributed by atoms with Crippen LogP contribution in [0, 0.1) is 5.92 Å². The van der Waals surface area contributed by atoms with Crippen molar-refractivity contribution in [3.63, 3.8) is 0 Å². The molecule has 1 aliphatic carbocycles. The molecule has 1 saturated carbocycles. The zero-order chi connectivity index (χ0) is 11.8. The average Bonchev–Trinajstić information content (AvgIpc) is 2.27. The highest BCUT2D eigenvalue weighted by Gasteiger charge is 2.39.